The van der Waals surface area contributed by atoms with Crippen molar-refractivity contribution in [2.24, 2.45) is 5.92 Å². The Kier molecular flexibility index (Phi) is 6.57. The first-order valence-corrected chi connectivity index (χ1v) is 9.93. The lowest BCUT2D eigenvalue weighted by atomic mass is 9.89. The van der Waals surface area contributed by atoms with Crippen LogP contribution in [0, 0.1) is 11.1 Å². The van der Waals surface area contributed by atoms with E-state index < -0.39 is 5.97 Å². The van der Waals surface area contributed by atoms with E-state index in [2.05, 4.69) is 4.98 Å². The molecule has 0 spiro atoms. The SMILES string of the molecule is CCOC(=O)c1c(COC(=O)C2CCCCC2)nc2cc(Cl)c(Cl)cc2[n+]1[O-]. The molecule has 2 aromatic rings. The van der Waals surface area contributed by atoms with E-state index in [0.717, 1.165) is 32.1 Å². The van der Waals surface area contributed by atoms with Crippen molar-refractivity contribution in [2.45, 2.75) is 45.6 Å². The van der Waals surface area contributed by atoms with Crippen LogP contribution in [0.4, 0.5) is 0 Å². The fourth-order valence-electron chi connectivity index (χ4n) is 3.31. The van der Waals surface area contributed by atoms with Crippen molar-refractivity contribution < 1.29 is 23.8 Å². The highest BCUT2D eigenvalue weighted by Crippen LogP contribution is 2.27. The van der Waals surface area contributed by atoms with Gasteiger partial charge >= 0.3 is 17.6 Å². The first-order valence-electron chi connectivity index (χ1n) is 9.17. The van der Waals surface area contributed by atoms with Gasteiger partial charge in [-0.15, -0.1) is 0 Å². The Morgan fingerprint density at radius 1 is 1.18 bits per heavy atom. The van der Waals surface area contributed by atoms with Gasteiger partial charge in [-0.3, -0.25) is 4.79 Å². The molecule has 1 saturated carbocycles. The van der Waals surface area contributed by atoms with Gasteiger partial charge in [-0.25, -0.2) is 9.78 Å². The van der Waals surface area contributed by atoms with E-state index in [1.807, 2.05) is 0 Å². The molecule has 1 fully saturated rings. The molecule has 0 aliphatic heterocycles. The van der Waals surface area contributed by atoms with Crippen molar-refractivity contribution in [1.82, 2.24) is 4.98 Å². The largest absolute Gasteiger partial charge is 0.618 e. The Morgan fingerprint density at radius 3 is 2.54 bits per heavy atom. The standard InChI is InChI=1S/C19H20Cl2N2O5/c1-2-27-19(25)17-15(10-28-18(24)11-6-4-3-5-7-11)22-14-8-12(20)13(21)9-16(14)23(17)26/h8-9,11H,2-7,10H2,1H3. The van der Waals surface area contributed by atoms with Gasteiger partial charge in [0, 0.05) is 6.07 Å². The second-order valence-corrected chi connectivity index (χ2v) is 7.43. The van der Waals surface area contributed by atoms with Crippen LogP contribution in [0.5, 0.6) is 0 Å². The molecule has 0 radical (unpaired) electrons. The molecule has 1 aliphatic rings. The monoisotopic (exact) mass is 426 g/mol. The maximum atomic E-state index is 12.8. The van der Waals surface area contributed by atoms with E-state index in [9.17, 15) is 14.8 Å². The van der Waals surface area contributed by atoms with Crippen molar-refractivity contribution in [1.29, 1.82) is 0 Å². The maximum Gasteiger partial charge on any atom is 0.407 e. The van der Waals surface area contributed by atoms with Crippen LogP contribution in [-0.4, -0.2) is 23.5 Å². The third-order valence-electron chi connectivity index (χ3n) is 4.73. The molecule has 3 rings (SSSR count). The van der Waals surface area contributed by atoms with Gasteiger partial charge in [-0.05, 0) is 25.8 Å². The predicted molar refractivity (Wildman–Crippen MR) is 103 cm³/mol. The lowest BCUT2D eigenvalue weighted by Crippen LogP contribution is -2.39. The number of ether oxygens (including phenoxy) is 2. The lowest BCUT2D eigenvalue weighted by molar-refractivity contribution is -0.581. The molecule has 150 valence electrons. The van der Waals surface area contributed by atoms with Crippen molar-refractivity contribution in [3.8, 4) is 0 Å². The number of esters is 2. The number of nitrogens with zero attached hydrogens (tertiary/aromatic N) is 2. The van der Waals surface area contributed by atoms with Crippen LogP contribution in [-0.2, 0) is 20.9 Å². The highest BCUT2D eigenvalue weighted by molar-refractivity contribution is 6.42. The molecule has 0 saturated heterocycles. The average Bonchev–Trinajstić information content (AvgIpc) is 2.68. The molecule has 0 unspecified atom stereocenters. The molecule has 7 nitrogen and oxygen atoms in total. The third kappa shape index (κ3) is 4.31. The van der Waals surface area contributed by atoms with Crippen LogP contribution in [0.25, 0.3) is 11.0 Å². The summed E-state index contributed by atoms with van der Waals surface area (Å²) in [6.07, 6.45) is 4.65. The van der Waals surface area contributed by atoms with Crippen LogP contribution < -0.4 is 4.73 Å². The van der Waals surface area contributed by atoms with Gasteiger partial charge in [0.2, 0.25) is 5.52 Å². The smallest absolute Gasteiger partial charge is 0.407 e. The Balaban J connectivity index is 1.96. The minimum Gasteiger partial charge on any atom is -0.618 e. The summed E-state index contributed by atoms with van der Waals surface area (Å²) in [6.45, 7) is 1.41. The van der Waals surface area contributed by atoms with Gasteiger partial charge in [0.05, 0.1) is 22.6 Å². The summed E-state index contributed by atoms with van der Waals surface area (Å²) in [5, 5.41) is 13.2. The predicted octanol–water partition coefficient (Wildman–Crippen LogP) is 3.98. The molecular weight excluding hydrogens is 407 g/mol. The van der Waals surface area contributed by atoms with Crippen molar-refractivity contribution in [3.05, 3.63) is 38.8 Å². The Hall–Kier alpha value is -2.12. The molecule has 1 aliphatic carbocycles. The van der Waals surface area contributed by atoms with Crippen molar-refractivity contribution in [3.63, 3.8) is 0 Å². The van der Waals surface area contributed by atoms with E-state index in [1.54, 1.807) is 6.92 Å². The number of carbonyl (C=O) groups is 2. The van der Waals surface area contributed by atoms with Crippen LogP contribution >= 0.6 is 23.2 Å². The zero-order chi connectivity index (χ0) is 20.3. The summed E-state index contributed by atoms with van der Waals surface area (Å²) >= 11 is 12.0. The molecule has 0 amide bonds. The molecule has 1 aromatic carbocycles. The number of rotatable bonds is 5. The topological polar surface area (TPSA) is 92.4 Å². The molecule has 0 N–H and O–H groups in total. The number of aromatic nitrogens is 2. The lowest BCUT2D eigenvalue weighted by Gasteiger charge is -2.20. The number of hydrogen-bond donors (Lipinski definition) is 0. The van der Waals surface area contributed by atoms with Gasteiger partial charge in [0.25, 0.3) is 0 Å². The summed E-state index contributed by atoms with van der Waals surface area (Å²) in [4.78, 5) is 29.0. The van der Waals surface area contributed by atoms with Crippen LogP contribution in [0.1, 0.15) is 55.2 Å². The van der Waals surface area contributed by atoms with Crippen LogP contribution in [0.3, 0.4) is 0 Å². The zero-order valence-electron chi connectivity index (χ0n) is 15.4. The maximum absolute atomic E-state index is 12.8. The molecule has 9 heteroatoms. The quantitative estimate of drug-likeness (QED) is 0.407. The minimum absolute atomic E-state index is 0.0171. The normalized spacial score (nSPS) is 14.8. The second kappa shape index (κ2) is 8.92. The highest BCUT2D eigenvalue weighted by Gasteiger charge is 2.30. The molecule has 0 atom stereocenters. The second-order valence-electron chi connectivity index (χ2n) is 6.62. The summed E-state index contributed by atoms with van der Waals surface area (Å²) in [5.74, 6) is -1.35. The Morgan fingerprint density at radius 2 is 1.86 bits per heavy atom. The first-order chi connectivity index (χ1) is 13.4. The van der Waals surface area contributed by atoms with Crippen molar-refractivity contribution in [2.75, 3.05) is 6.61 Å². The summed E-state index contributed by atoms with van der Waals surface area (Å²) in [6, 6.07) is 2.76. The van der Waals surface area contributed by atoms with Crippen LogP contribution in [0.2, 0.25) is 10.0 Å². The molecule has 1 heterocycles. The number of fused-ring (bicyclic) bond motifs is 1. The van der Waals surface area contributed by atoms with Crippen molar-refractivity contribution >= 4 is 46.2 Å². The van der Waals surface area contributed by atoms with E-state index in [4.69, 9.17) is 32.7 Å². The van der Waals surface area contributed by atoms with E-state index >= 15 is 0 Å². The molecule has 28 heavy (non-hydrogen) atoms. The number of benzene rings is 1. The van der Waals surface area contributed by atoms with Gasteiger partial charge in [0.15, 0.2) is 5.69 Å². The fraction of sp³-hybridized carbons (Fsp3) is 0.474. The minimum atomic E-state index is -0.846. The van der Waals surface area contributed by atoms with Crippen LogP contribution in [0.15, 0.2) is 12.1 Å². The van der Waals surface area contributed by atoms with Gasteiger partial charge < -0.3 is 14.7 Å². The van der Waals surface area contributed by atoms with E-state index in [1.165, 1.54) is 12.1 Å². The zero-order valence-corrected chi connectivity index (χ0v) is 16.9. The first kappa shape index (κ1) is 20.6. The fourth-order valence-corrected chi connectivity index (χ4v) is 3.63. The molecule has 0 bridgehead atoms. The number of halogens is 2. The summed E-state index contributed by atoms with van der Waals surface area (Å²) in [5.41, 5.74) is -0.00587. The van der Waals surface area contributed by atoms with Gasteiger partial charge in [-0.2, -0.15) is 4.73 Å². The number of carbonyl (C=O) groups excluding carboxylic acids is 2. The summed E-state index contributed by atoms with van der Waals surface area (Å²) in [7, 11) is 0. The van der Waals surface area contributed by atoms with E-state index in [0.29, 0.717) is 4.73 Å². The third-order valence-corrected chi connectivity index (χ3v) is 5.45. The average molecular weight is 427 g/mol. The van der Waals surface area contributed by atoms with Gasteiger partial charge in [0.1, 0.15) is 12.1 Å². The number of hydrogen-bond acceptors (Lipinski definition) is 6. The van der Waals surface area contributed by atoms with Gasteiger partial charge in [-0.1, -0.05) is 42.5 Å². The molecular formula is C19H20Cl2N2O5. The highest BCUT2D eigenvalue weighted by atomic mass is 35.5. The Labute approximate surface area is 172 Å². The van der Waals surface area contributed by atoms with E-state index in [-0.39, 0.29) is 57.6 Å². The Bertz CT molecular complexity index is 913. The summed E-state index contributed by atoms with van der Waals surface area (Å²) < 4.78 is 10.7. The molecule has 1 aromatic heterocycles.